The van der Waals surface area contributed by atoms with E-state index < -0.39 is 0 Å². The van der Waals surface area contributed by atoms with Gasteiger partial charge in [0.05, 0.1) is 0 Å². The highest BCUT2D eigenvalue weighted by Gasteiger charge is 2.11. The largest absolute Gasteiger partial charge is 0.383 e. The smallest absolute Gasteiger partial charge is 0.269 e. The Hall–Kier alpha value is -3.37. The highest BCUT2D eigenvalue weighted by Crippen LogP contribution is 2.09. The van der Waals surface area contributed by atoms with Crippen molar-refractivity contribution in [2.24, 2.45) is 5.73 Å². The normalized spacial score (nSPS) is 10.8. The van der Waals surface area contributed by atoms with Gasteiger partial charge in [-0.3, -0.25) is 15.6 Å². The van der Waals surface area contributed by atoms with Crippen LogP contribution in [0.4, 0.5) is 5.69 Å². The molecule has 2 aromatic carbocycles. The molecule has 0 aliphatic carbocycles. The van der Waals surface area contributed by atoms with Crippen LogP contribution in [0, 0.1) is 11.3 Å². The van der Waals surface area contributed by atoms with E-state index in [0.717, 1.165) is 5.69 Å². The first-order valence-electron chi connectivity index (χ1n) is 6.99. The first kappa shape index (κ1) is 17.0. The lowest BCUT2D eigenvalue weighted by Crippen LogP contribution is -2.40. The minimum Gasteiger partial charge on any atom is -0.383 e. The van der Waals surface area contributed by atoms with Crippen molar-refractivity contribution in [2.75, 3.05) is 5.32 Å². The Morgan fingerprint density at radius 2 is 1.58 bits per heavy atom. The first-order chi connectivity index (χ1) is 11.6. The minimum absolute atomic E-state index is 0.0298. The Labute approximate surface area is 144 Å². The van der Waals surface area contributed by atoms with Crippen LogP contribution in [0.3, 0.4) is 0 Å². The van der Waals surface area contributed by atoms with Gasteiger partial charge in [-0.05, 0) is 24.3 Å². The molecule has 1 amide bonds. The maximum atomic E-state index is 11.9. The van der Waals surface area contributed by atoms with E-state index in [0.29, 0.717) is 5.56 Å². The van der Waals surface area contributed by atoms with Crippen LogP contribution in [0.1, 0.15) is 10.4 Å². The molecule has 0 saturated carbocycles. The monoisotopic (exact) mass is 337 g/mol. The van der Waals surface area contributed by atoms with Crippen LogP contribution in [0.15, 0.2) is 72.1 Å². The molecule has 120 valence electrons. The lowest BCUT2D eigenvalue weighted by Gasteiger charge is -2.12. The van der Waals surface area contributed by atoms with E-state index in [2.05, 4.69) is 16.2 Å². The quantitative estimate of drug-likeness (QED) is 0.288. The summed E-state index contributed by atoms with van der Waals surface area (Å²) >= 11 is 5.18. The molecule has 24 heavy (non-hydrogen) atoms. The fourth-order valence-electron chi connectivity index (χ4n) is 1.80. The lowest BCUT2D eigenvalue weighted by molar-refractivity contribution is 0.0938. The number of nitrogens with one attached hydrogen (secondary N) is 3. The van der Waals surface area contributed by atoms with E-state index in [1.807, 2.05) is 36.4 Å². The average molecular weight is 337 g/mol. The number of hydrazine groups is 1. The molecule has 5 N–H and O–H groups in total. The molecule has 0 spiro atoms. The van der Waals surface area contributed by atoms with Crippen LogP contribution in [0.2, 0.25) is 0 Å². The number of nitrogens with two attached hydrogens (primary N) is 1. The molecule has 0 bridgehead atoms. The first-order valence-corrected chi connectivity index (χ1v) is 7.40. The maximum Gasteiger partial charge on any atom is 0.269 e. The Balaban J connectivity index is 2.03. The second-order valence-corrected chi connectivity index (χ2v) is 5.07. The maximum absolute atomic E-state index is 11.9. The number of rotatable bonds is 5. The lowest BCUT2D eigenvalue weighted by atomic mass is 10.2. The zero-order valence-electron chi connectivity index (χ0n) is 12.6. The summed E-state index contributed by atoms with van der Waals surface area (Å²) in [6.45, 7) is 0. The van der Waals surface area contributed by atoms with Gasteiger partial charge >= 0.3 is 0 Å². The number of para-hydroxylation sites is 1. The van der Waals surface area contributed by atoms with Crippen molar-refractivity contribution in [3.05, 3.63) is 77.6 Å². The van der Waals surface area contributed by atoms with Crippen molar-refractivity contribution in [3.63, 3.8) is 0 Å². The summed E-state index contributed by atoms with van der Waals surface area (Å²) in [6, 6.07) is 19.7. The van der Waals surface area contributed by atoms with Gasteiger partial charge < -0.3 is 11.1 Å². The molecule has 7 heteroatoms. The highest BCUT2D eigenvalue weighted by atomic mass is 32.1. The van der Waals surface area contributed by atoms with E-state index in [-0.39, 0.29) is 22.3 Å². The Bertz CT molecular complexity index is 797. The number of carbonyl (C=O) groups is 1. The second kappa shape index (κ2) is 8.31. The summed E-state index contributed by atoms with van der Waals surface area (Å²) in [5.41, 5.74) is 12.0. The predicted molar refractivity (Wildman–Crippen MR) is 96.5 cm³/mol. The minimum atomic E-state index is -0.377. The molecule has 2 aromatic rings. The number of thiocarbonyl (C=S) groups is 1. The van der Waals surface area contributed by atoms with Gasteiger partial charge in [0.25, 0.3) is 5.91 Å². The number of hydrogen-bond donors (Lipinski definition) is 4. The molecule has 6 nitrogen and oxygen atoms in total. The third kappa shape index (κ3) is 4.56. The van der Waals surface area contributed by atoms with Crippen LogP contribution in [0.25, 0.3) is 0 Å². The molecule has 0 atom stereocenters. The van der Waals surface area contributed by atoms with E-state index >= 15 is 0 Å². The fourth-order valence-corrected chi connectivity index (χ4v) is 2.07. The molecule has 0 unspecified atom stereocenters. The van der Waals surface area contributed by atoms with Gasteiger partial charge in [-0.2, -0.15) is 5.26 Å². The molecule has 0 aliphatic rings. The zero-order valence-corrected chi connectivity index (χ0v) is 13.4. The third-order valence-corrected chi connectivity index (χ3v) is 3.29. The topological polar surface area (TPSA) is 103 Å². The van der Waals surface area contributed by atoms with Crippen molar-refractivity contribution in [1.29, 1.82) is 5.26 Å². The number of benzene rings is 2. The highest BCUT2D eigenvalue weighted by molar-refractivity contribution is 7.81. The van der Waals surface area contributed by atoms with E-state index in [9.17, 15) is 10.1 Å². The molecule has 2 rings (SSSR count). The average Bonchev–Trinajstić information content (AvgIpc) is 2.62. The summed E-state index contributed by atoms with van der Waals surface area (Å²) < 4.78 is 0. The number of amides is 1. The predicted octanol–water partition coefficient (Wildman–Crippen LogP) is 2.05. The SMILES string of the molecule is N#C/C(C(=S)Nc1ccccc1)=C(\N)NNC(=O)c1ccccc1. The standard InChI is InChI=1S/C17H15N5OS/c18-11-14(17(24)20-13-9-5-2-6-10-13)15(19)21-22-16(23)12-7-3-1-4-8-12/h1-10,21H,19H2,(H,20,24)(H,22,23)/b15-14-. The third-order valence-electron chi connectivity index (χ3n) is 2.99. The van der Waals surface area contributed by atoms with Crippen LogP contribution in [-0.4, -0.2) is 10.9 Å². The zero-order chi connectivity index (χ0) is 17.4. The van der Waals surface area contributed by atoms with Gasteiger partial charge in [0.15, 0.2) is 0 Å². The van der Waals surface area contributed by atoms with Crippen LogP contribution in [0.5, 0.6) is 0 Å². The molecule has 0 heterocycles. The van der Waals surface area contributed by atoms with Crippen LogP contribution in [-0.2, 0) is 0 Å². The number of hydrogen-bond acceptors (Lipinski definition) is 5. The second-order valence-electron chi connectivity index (χ2n) is 4.67. The number of anilines is 1. The summed E-state index contributed by atoms with van der Waals surface area (Å²) in [5.74, 6) is -0.423. The van der Waals surface area contributed by atoms with Crippen molar-refractivity contribution in [1.82, 2.24) is 10.9 Å². The molecule has 0 fully saturated rings. The van der Waals surface area contributed by atoms with Crippen molar-refractivity contribution in [2.45, 2.75) is 0 Å². The van der Waals surface area contributed by atoms with Gasteiger partial charge in [0.2, 0.25) is 0 Å². The van der Waals surface area contributed by atoms with Gasteiger partial charge in [0.1, 0.15) is 22.5 Å². The van der Waals surface area contributed by atoms with Crippen LogP contribution < -0.4 is 21.9 Å². The molecular formula is C17H15N5OS. The van der Waals surface area contributed by atoms with E-state index in [4.69, 9.17) is 18.0 Å². The summed E-state index contributed by atoms with van der Waals surface area (Å²) in [4.78, 5) is 12.1. The van der Waals surface area contributed by atoms with E-state index in [1.54, 1.807) is 30.3 Å². The van der Waals surface area contributed by atoms with Crippen molar-refractivity contribution < 1.29 is 4.79 Å². The van der Waals surface area contributed by atoms with Gasteiger partial charge in [0, 0.05) is 11.3 Å². The van der Waals surface area contributed by atoms with Gasteiger partial charge in [-0.1, -0.05) is 48.6 Å². The molecular weight excluding hydrogens is 322 g/mol. The molecule has 0 aliphatic heterocycles. The molecule has 0 saturated heterocycles. The summed E-state index contributed by atoms with van der Waals surface area (Å²) in [6.07, 6.45) is 0. The fraction of sp³-hybridized carbons (Fsp3) is 0. The molecule has 0 radical (unpaired) electrons. The van der Waals surface area contributed by atoms with E-state index in [1.165, 1.54) is 0 Å². The Kier molecular flexibility index (Phi) is 5.88. The Morgan fingerprint density at radius 1 is 1.00 bits per heavy atom. The van der Waals surface area contributed by atoms with Crippen molar-refractivity contribution in [3.8, 4) is 6.07 Å². The number of nitriles is 1. The van der Waals surface area contributed by atoms with Gasteiger partial charge in [-0.25, -0.2) is 0 Å². The number of nitrogens with zero attached hydrogens (tertiary/aromatic N) is 1. The molecule has 0 aromatic heterocycles. The summed E-state index contributed by atoms with van der Waals surface area (Å²) in [7, 11) is 0. The van der Waals surface area contributed by atoms with Crippen LogP contribution >= 0.6 is 12.2 Å². The van der Waals surface area contributed by atoms with Gasteiger partial charge in [-0.15, -0.1) is 0 Å². The number of carbonyl (C=O) groups excluding carboxylic acids is 1. The Morgan fingerprint density at radius 3 is 2.17 bits per heavy atom. The summed E-state index contributed by atoms with van der Waals surface area (Å²) in [5, 5.41) is 12.2. The van der Waals surface area contributed by atoms with Crippen molar-refractivity contribution >= 4 is 28.8 Å².